The van der Waals surface area contributed by atoms with Gasteiger partial charge in [-0.1, -0.05) is 11.3 Å². The second-order valence-corrected chi connectivity index (χ2v) is 7.69. The first kappa shape index (κ1) is 17.0. The van der Waals surface area contributed by atoms with Crippen molar-refractivity contribution in [3.63, 3.8) is 0 Å². The normalized spacial score (nSPS) is 25.6. The summed E-state index contributed by atoms with van der Waals surface area (Å²) in [7, 11) is 0. The molecule has 0 atom stereocenters. The van der Waals surface area contributed by atoms with E-state index in [0.717, 1.165) is 50.5 Å². The smallest absolute Gasteiger partial charge is 0.273 e. The molecule has 23 heavy (non-hydrogen) atoms. The van der Waals surface area contributed by atoms with Gasteiger partial charge in [-0.15, -0.1) is 0 Å². The van der Waals surface area contributed by atoms with E-state index in [0.29, 0.717) is 11.2 Å². The van der Waals surface area contributed by atoms with Crippen molar-refractivity contribution in [1.29, 1.82) is 0 Å². The molecule has 0 spiro atoms. The van der Waals surface area contributed by atoms with Crippen LogP contribution < -0.4 is 10.5 Å². The van der Waals surface area contributed by atoms with E-state index in [1.807, 2.05) is 0 Å². The lowest BCUT2D eigenvalue weighted by Gasteiger charge is -2.30. The van der Waals surface area contributed by atoms with Gasteiger partial charge in [-0.25, -0.2) is 13.8 Å². The van der Waals surface area contributed by atoms with Crippen LogP contribution in [0, 0.1) is 5.92 Å². The summed E-state index contributed by atoms with van der Waals surface area (Å²) in [6, 6.07) is 0.408. The molecule has 130 valence electrons. The lowest BCUT2D eigenvalue weighted by Crippen LogP contribution is -2.33. The summed E-state index contributed by atoms with van der Waals surface area (Å²) >= 11 is 1.42. The zero-order valence-corrected chi connectivity index (χ0v) is 14.2. The van der Waals surface area contributed by atoms with Crippen LogP contribution in [0.1, 0.15) is 42.7 Å². The summed E-state index contributed by atoms with van der Waals surface area (Å²) in [4.78, 5) is 8.00. The van der Waals surface area contributed by atoms with Crippen molar-refractivity contribution in [1.82, 2.24) is 9.88 Å². The standard InChI is InChI=1S/C16H25F2N3OS/c17-15(18)10-22-16-20-13-9-21(8-6-14(13)23-16)7-5-11-1-3-12(19)4-2-11/h11-12,15H,1-10,19H2/t11-,12-. The maximum Gasteiger partial charge on any atom is 0.273 e. The molecule has 1 saturated carbocycles. The summed E-state index contributed by atoms with van der Waals surface area (Å²) in [6.07, 6.45) is 4.54. The van der Waals surface area contributed by atoms with E-state index in [4.69, 9.17) is 10.5 Å². The van der Waals surface area contributed by atoms with Gasteiger partial charge in [0.05, 0.1) is 5.69 Å². The zero-order chi connectivity index (χ0) is 16.2. The summed E-state index contributed by atoms with van der Waals surface area (Å²) < 4.78 is 29.5. The van der Waals surface area contributed by atoms with Gasteiger partial charge >= 0.3 is 0 Å². The first-order valence-electron chi connectivity index (χ1n) is 8.47. The highest BCUT2D eigenvalue weighted by molar-refractivity contribution is 7.13. The summed E-state index contributed by atoms with van der Waals surface area (Å²) in [5, 5.41) is 0.387. The van der Waals surface area contributed by atoms with Crippen molar-refractivity contribution in [2.24, 2.45) is 11.7 Å². The van der Waals surface area contributed by atoms with Gasteiger partial charge in [-0.3, -0.25) is 4.90 Å². The molecule has 7 heteroatoms. The molecule has 1 aliphatic heterocycles. The Hall–Kier alpha value is -0.790. The van der Waals surface area contributed by atoms with Crippen LogP contribution in [-0.4, -0.2) is 42.0 Å². The van der Waals surface area contributed by atoms with E-state index >= 15 is 0 Å². The molecule has 0 amide bonds. The Morgan fingerprint density at radius 1 is 1.30 bits per heavy atom. The quantitative estimate of drug-likeness (QED) is 0.861. The molecular weight excluding hydrogens is 320 g/mol. The molecule has 1 aromatic rings. The highest BCUT2D eigenvalue weighted by atomic mass is 32.1. The Morgan fingerprint density at radius 3 is 2.83 bits per heavy atom. The Morgan fingerprint density at radius 2 is 2.09 bits per heavy atom. The molecule has 2 N–H and O–H groups in total. The number of alkyl halides is 2. The molecule has 2 heterocycles. The van der Waals surface area contributed by atoms with Crippen LogP contribution in [-0.2, 0) is 13.0 Å². The van der Waals surface area contributed by atoms with Crippen LogP contribution in [0.25, 0.3) is 0 Å². The molecule has 3 rings (SSSR count). The van der Waals surface area contributed by atoms with Crippen molar-refractivity contribution in [3.05, 3.63) is 10.6 Å². The number of ether oxygens (including phenoxy) is 1. The van der Waals surface area contributed by atoms with Gasteiger partial charge < -0.3 is 10.5 Å². The SMILES string of the molecule is N[C@H]1CC[C@H](CCN2CCc3sc(OCC(F)F)nc3C2)CC1. The number of rotatable bonds is 6. The second kappa shape index (κ2) is 7.85. The predicted octanol–water partition coefficient (Wildman–Crippen LogP) is 3.05. The molecule has 0 aromatic carbocycles. The van der Waals surface area contributed by atoms with Crippen LogP contribution in [0.5, 0.6) is 5.19 Å². The number of aromatic nitrogens is 1. The first-order chi connectivity index (χ1) is 11.1. The minimum atomic E-state index is -2.45. The van der Waals surface area contributed by atoms with Crippen LogP contribution in [0.2, 0.25) is 0 Å². The fourth-order valence-corrected chi connectivity index (χ4v) is 4.37. The van der Waals surface area contributed by atoms with Crippen LogP contribution in [0.15, 0.2) is 0 Å². The summed E-state index contributed by atoms with van der Waals surface area (Å²) in [5.41, 5.74) is 6.97. The maximum atomic E-state index is 12.2. The van der Waals surface area contributed by atoms with E-state index < -0.39 is 13.0 Å². The Kier molecular flexibility index (Phi) is 5.82. The number of nitrogens with zero attached hydrogens (tertiary/aromatic N) is 2. The van der Waals surface area contributed by atoms with Gasteiger partial charge in [-0.05, 0) is 51.0 Å². The van der Waals surface area contributed by atoms with Crippen molar-refractivity contribution >= 4 is 11.3 Å². The van der Waals surface area contributed by atoms with Crippen molar-refractivity contribution in [2.45, 2.75) is 57.5 Å². The fourth-order valence-electron chi connectivity index (χ4n) is 3.46. The highest BCUT2D eigenvalue weighted by Crippen LogP contribution is 2.31. The second-order valence-electron chi connectivity index (χ2n) is 6.65. The van der Waals surface area contributed by atoms with Crippen LogP contribution in [0.4, 0.5) is 8.78 Å². The fraction of sp³-hybridized carbons (Fsp3) is 0.812. The molecular formula is C16H25F2N3OS. The van der Waals surface area contributed by atoms with Gasteiger partial charge in [0.2, 0.25) is 0 Å². The number of halogens is 2. The molecule has 0 saturated heterocycles. The van der Waals surface area contributed by atoms with Gasteiger partial charge in [0.1, 0.15) is 0 Å². The average Bonchev–Trinajstić information content (AvgIpc) is 2.94. The molecule has 1 fully saturated rings. The topological polar surface area (TPSA) is 51.4 Å². The van der Waals surface area contributed by atoms with Crippen LogP contribution in [0.3, 0.4) is 0 Å². The molecule has 0 radical (unpaired) electrons. The Bertz CT molecular complexity index is 504. The van der Waals surface area contributed by atoms with Crippen molar-refractivity contribution in [3.8, 4) is 5.19 Å². The van der Waals surface area contributed by atoms with Crippen LogP contribution >= 0.6 is 11.3 Å². The van der Waals surface area contributed by atoms with Gasteiger partial charge in [-0.2, -0.15) is 0 Å². The minimum Gasteiger partial charge on any atom is -0.464 e. The number of hydrogen-bond donors (Lipinski definition) is 1. The Labute approximate surface area is 140 Å². The molecule has 0 unspecified atom stereocenters. The first-order valence-corrected chi connectivity index (χ1v) is 9.29. The lowest BCUT2D eigenvalue weighted by molar-refractivity contribution is 0.0816. The minimum absolute atomic E-state index is 0.387. The maximum absolute atomic E-state index is 12.2. The molecule has 0 bridgehead atoms. The molecule has 1 aromatic heterocycles. The van der Waals surface area contributed by atoms with Crippen molar-refractivity contribution in [2.75, 3.05) is 19.7 Å². The lowest BCUT2D eigenvalue weighted by atomic mass is 9.84. The average molecular weight is 345 g/mol. The largest absolute Gasteiger partial charge is 0.464 e. The van der Waals surface area contributed by atoms with E-state index in [-0.39, 0.29) is 0 Å². The van der Waals surface area contributed by atoms with E-state index in [2.05, 4.69) is 9.88 Å². The van der Waals surface area contributed by atoms with Gasteiger partial charge in [0.25, 0.3) is 11.6 Å². The molecule has 4 nitrogen and oxygen atoms in total. The number of fused-ring (bicyclic) bond motifs is 1. The van der Waals surface area contributed by atoms with E-state index in [1.54, 1.807) is 0 Å². The number of hydrogen-bond acceptors (Lipinski definition) is 5. The van der Waals surface area contributed by atoms with Crippen molar-refractivity contribution < 1.29 is 13.5 Å². The van der Waals surface area contributed by atoms with E-state index in [9.17, 15) is 8.78 Å². The van der Waals surface area contributed by atoms with Gasteiger partial charge in [0, 0.05) is 24.0 Å². The zero-order valence-electron chi connectivity index (χ0n) is 13.3. The Balaban J connectivity index is 1.46. The number of nitrogens with two attached hydrogens (primary N) is 1. The molecule has 2 aliphatic rings. The monoisotopic (exact) mass is 345 g/mol. The third kappa shape index (κ3) is 4.84. The third-order valence-corrected chi connectivity index (χ3v) is 5.93. The van der Waals surface area contributed by atoms with E-state index in [1.165, 1.54) is 35.5 Å². The van der Waals surface area contributed by atoms with Gasteiger partial charge in [0.15, 0.2) is 6.61 Å². The molecule has 1 aliphatic carbocycles. The summed E-state index contributed by atoms with van der Waals surface area (Å²) in [5.74, 6) is 0.802. The highest BCUT2D eigenvalue weighted by Gasteiger charge is 2.23. The third-order valence-electron chi connectivity index (χ3n) is 4.86. The predicted molar refractivity (Wildman–Crippen MR) is 87.1 cm³/mol. The summed E-state index contributed by atoms with van der Waals surface area (Å²) in [6.45, 7) is 2.36. The number of thiazole rings is 1.